The van der Waals surface area contributed by atoms with E-state index in [1.54, 1.807) is 0 Å². The van der Waals surface area contributed by atoms with Crippen LogP contribution in [0.4, 0.5) is 0 Å². The number of hydrogen-bond acceptors (Lipinski definition) is 2. The average molecular weight is 141 g/mol. The summed E-state index contributed by atoms with van der Waals surface area (Å²) in [6, 6.07) is 0. The Bertz CT molecular complexity index is 104. The van der Waals surface area contributed by atoms with Crippen LogP contribution < -0.4 is 5.32 Å². The monoisotopic (exact) mass is 141 g/mol. The standard InChI is InChI=1S/C8H15NO/c10-8-6-2-1-3-7(8)5-9-4-6/h6-10H,1-5H2/t6-,7-/m1/s1. The first kappa shape index (κ1) is 6.62. The van der Waals surface area contributed by atoms with Crippen molar-refractivity contribution in [2.45, 2.75) is 25.4 Å². The lowest BCUT2D eigenvalue weighted by Crippen LogP contribution is -2.49. The molecule has 2 atom stereocenters. The average Bonchev–Trinajstić information content (AvgIpc) is 1.86. The highest BCUT2D eigenvalue weighted by molar-refractivity contribution is 4.88. The Balaban J connectivity index is 2.05. The molecule has 2 rings (SSSR count). The van der Waals surface area contributed by atoms with E-state index in [1.807, 2.05) is 0 Å². The van der Waals surface area contributed by atoms with E-state index in [0.29, 0.717) is 11.8 Å². The van der Waals surface area contributed by atoms with Gasteiger partial charge in [-0.25, -0.2) is 0 Å². The quantitative estimate of drug-likeness (QED) is 0.510. The number of nitrogens with one attached hydrogen (secondary N) is 1. The maximum absolute atomic E-state index is 9.65. The summed E-state index contributed by atoms with van der Waals surface area (Å²) in [5.41, 5.74) is 0. The predicted molar refractivity (Wildman–Crippen MR) is 39.7 cm³/mol. The van der Waals surface area contributed by atoms with Gasteiger partial charge in [-0.1, -0.05) is 6.42 Å². The summed E-state index contributed by atoms with van der Waals surface area (Å²) in [6.07, 6.45) is 3.79. The Labute approximate surface area is 61.6 Å². The Kier molecular flexibility index (Phi) is 1.66. The summed E-state index contributed by atoms with van der Waals surface area (Å²) in [5, 5.41) is 13.0. The van der Waals surface area contributed by atoms with Gasteiger partial charge in [-0.2, -0.15) is 0 Å². The number of fused-ring (bicyclic) bond motifs is 2. The molecular weight excluding hydrogens is 126 g/mol. The minimum atomic E-state index is 0.00926. The van der Waals surface area contributed by atoms with Crippen LogP contribution in [0, 0.1) is 11.8 Å². The normalized spacial score (nSPS) is 47.1. The molecule has 1 heterocycles. The van der Waals surface area contributed by atoms with E-state index in [4.69, 9.17) is 0 Å². The van der Waals surface area contributed by atoms with Crippen LogP contribution in [0.15, 0.2) is 0 Å². The molecule has 0 radical (unpaired) electrons. The Morgan fingerprint density at radius 1 is 1.10 bits per heavy atom. The number of rotatable bonds is 0. The van der Waals surface area contributed by atoms with Gasteiger partial charge in [-0.3, -0.25) is 0 Å². The molecular formula is C8H15NO. The first-order valence-corrected chi connectivity index (χ1v) is 4.26. The van der Waals surface area contributed by atoms with Crippen LogP contribution in [0.3, 0.4) is 0 Å². The van der Waals surface area contributed by atoms with Crippen LogP contribution in [0.1, 0.15) is 19.3 Å². The molecule has 2 aliphatic rings. The third kappa shape index (κ3) is 0.956. The van der Waals surface area contributed by atoms with Crippen molar-refractivity contribution in [3.05, 3.63) is 0 Å². The second-order valence-corrected chi connectivity index (χ2v) is 3.60. The van der Waals surface area contributed by atoms with Crippen molar-refractivity contribution in [2.75, 3.05) is 13.1 Å². The summed E-state index contributed by atoms with van der Waals surface area (Å²) < 4.78 is 0. The van der Waals surface area contributed by atoms with Crippen LogP contribution in [-0.2, 0) is 0 Å². The zero-order chi connectivity index (χ0) is 6.97. The van der Waals surface area contributed by atoms with Crippen molar-refractivity contribution in [2.24, 2.45) is 11.8 Å². The highest BCUT2D eigenvalue weighted by Crippen LogP contribution is 2.31. The fraction of sp³-hybridized carbons (Fsp3) is 1.00. The van der Waals surface area contributed by atoms with E-state index in [2.05, 4.69) is 5.32 Å². The third-order valence-electron chi connectivity index (χ3n) is 2.93. The summed E-state index contributed by atoms with van der Waals surface area (Å²) in [7, 11) is 0. The molecule has 58 valence electrons. The zero-order valence-corrected chi connectivity index (χ0v) is 6.21. The Morgan fingerprint density at radius 3 is 2.20 bits per heavy atom. The zero-order valence-electron chi connectivity index (χ0n) is 6.21. The predicted octanol–water partition coefficient (Wildman–Crippen LogP) is 0.367. The molecule has 0 amide bonds. The van der Waals surface area contributed by atoms with Crippen molar-refractivity contribution in [1.82, 2.24) is 5.32 Å². The van der Waals surface area contributed by atoms with Crippen LogP contribution in [-0.4, -0.2) is 24.3 Å². The van der Waals surface area contributed by atoms with Gasteiger partial charge in [-0.15, -0.1) is 0 Å². The third-order valence-corrected chi connectivity index (χ3v) is 2.93. The first-order valence-electron chi connectivity index (χ1n) is 4.26. The molecule has 1 saturated carbocycles. The van der Waals surface area contributed by atoms with E-state index < -0.39 is 0 Å². The summed E-state index contributed by atoms with van der Waals surface area (Å²) >= 11 is 0. The van der Waals surface area contributed by atoms with Crippen LogP contribution >= 0.6 is 0 Å². The second-order valence-electron chi connectivity index (χ2n) is 3.60. The largest absolute Gasteiger partial charge is 0.392 e. The minimum Gasteiger partial charge on any atom is -0.392 e. The minimum absolute atomic E-state index is 0.00926. The molecule has 2 bridgehead atoms. The maximum atomic E-state index is 9.65. The topological polar surface area (TPSA) is 32.3 Å². The van der Waals surface area contributed by atoms with E-state index in [0.717, 1.165) is 13.1 Å². The van der Waals surface area contributed by atoms with Crippen molar-refractivity contribution in [1.29, 1.82) is 0 Å². The SMILES string of the molecule is OC1[C@@H]2CCC[C@@H]1CNC2. The van der Waals surface area contributed by atoms with Crippen molar-refractivity contribution in [3.8, 4) is 0 Å². The molecule has 0 aromatic rings. The fourth-order valence-corrected chi connectivity index (χ4v) is 2.27. The smallest absolute Gasteiger partial charge is 0.0620 e. The van der Waals surface area contributed by atoms with Gasteiger partial charge >= 0.3 is 0 Å². The first-order chi connectivity index (χ1) is 4.88. The fourth-order valence-electron chi connectivity index (χ4n) is 2.27. The summed E-state index contributed by atoms with van der Waals surface area (Å²) in [6.45, 7) is 2.08. The number of aliphatic hydroxyl groups excluding tert-OH is 1. The highest BCUT2D eigenvalue weighted by Gasteiger charge is 2.34. The van der Waals surface area contributed by atoms with E-state index >= 15 is 0 Å². The van der Waals surface area contributed by atoms with Crippen LogP contribution in [0.5, 0.6) is 0 Å². The van der Waals surface area contributed by atoms with Gasteiger partial charge in [0.2, 0.25) is 0 Å². The Morgan fingerprint density at radius 2 is 1.70 bits per heavy atom. The Hall–Kier alpha value is -0.0800. The lowest BCUT2D eigenvalue weighted by atomic mass is 9.76. The van der Waals surface area contributed by atoms with Gasteiger partial charge in [0.25, 0.3) is 0 Å². The number of aliphatic hydroxyl groups is 1. The molecule has 2 N–H and O–H groups in total. The number of hydrogen-bond donors (Lipinski definition) is 2. The summed E-state index contributed by atoms with van der Waals surface area (Å²) in [4.78, 5) is 0. The van der Waals surface area contributed by atoms with Crippen molar-refractivity contribution >= 4 is 0 Å². The maximum Gasteiger partial charge on any atom is 0.0620 e. The molecule has 1 aliphatic carbocycles. The lowest BCUT2D eigenvalue weighted by molar-refractivity contribution is -0.00332. The van der Waals surface area contributed by atoms with Gasteiger partial charge in [0, 0.05) is 13.1 Å². The molecule has 2 fully saturated rings. The second kappa shape index (κ2) is 2.51. The van der Waals surface area contributed by atoms with Crippen molar-refractivity contribution in [3.63, 3.8) is 0 Å². The molecule has 1 saturated heterocycles. The molecule has 1 aliphatic heterocycles. The highest BCUT2D eigenvalue weighted by atomic mass is 16.3. The van der Waals surface area contributed by atoms with Gasteiger partial charge in [-0.05, 0) is 24.7 Å². The molecule has 0 aromatic heterocycles. The van der Waals surface area contributed by atoms with E-state index in [1.165, 1.54) is 19.3 Å². The lowest BCUT2D eigenvalue weighted by Gasteiger charge is -2.39. The number of piperidine rings is 1. The molecule has 0 aromatic carbocycles. The molecule has 0 spiro atoms. The molecule has 10 heavy (non-hydrogen) atoms. The molecule has 2 nitrogen and oxygen atoms in total. The molecule has 0 unspecified atom stereocenters. The van der Waals surface area contributed by atoms with Gasteiger partial charge in [0.05, 0.1) is 6.10 Å². The van der Waals surface area contributed by atoms with E-state index in [-0.39, 0.29) is 6.10 Å². The van der Waals surface area contributed by atoms with Crippen LogP contribution in [0.2, 0.25) is 0 Å². The molecule has 2 heteroatoms. The van der Waals surface area contributed by atoms with Gasteiger partial charge in [0.1, 0.15) is 0 Å². The van der Waals surface area contributed by atoms with Gasteiger partial charge < -0.3 is 10.4 Å². The van der Waals surface area contributed by atoms with Crippen molar-refractivity contribution < 1.29 is 5.11 Å². The van der Waals surface area contributed by atoms with Gasteiger partial charge in [0.15, 0.2) is 0 Å². The summed E-state index contributed by atoms with van der Waals surface area (Å²) in [5.74, 6) is 1.12. The van der Waals surface area contributed by atoms with E-state index in [9.17, 15) is 5.11 Å². The van der Waals surface area contributed by atoms with Crippen LogP contribution in [0.25, 0.3) is 0 Å².